The molecular formula is C22H24N2O3. The van der Waals surface area contributed by atoms with Gasteiger partial charge in [0.1, 0.15) is 11.5 Å². The summed E-state index contributed by atoms with van der Waals surface area (Å²) in [5.41, 5.74) is 4.46. The fourth-order valence-corrected chi connectivity index (χ4v) is 4.12. The highest BCUT2D eigenvalue weighted by Crippen LogP contribution is 2.44. The van der Waals surface area contributed by atoms with Crippen molar-refractivity contribution in [1.82, 2.24) is 5.01 Å². The monoisotopic (exact) mass is 364 g/mol. The van der Waals surface area contributed by atoms with Gasteiger partial charge >= 0.3 is 0 Å². The number of rotatable bonds is 4. The zero-order valence-corrected chi connectivity index (χ0v) is 15.9. The smallest absolute Gasteiger partial charge is 0.242 e. The highest BCUT2D eigenvalue weighted by molar-refractivity contribution is 6.07. The Balaban J connectivity index is 1.78. The van der Waals surface area contributed by atoms with E-state index in [1.165, 1.54) is 5.56 Å². The van der Waals surface area contributed by atoms with Gasteiger partial charge in [-0.1, -0.05) is 25.1 Å². The van der Waals surface area contributed by atoms with Crippen molar-refractivity contribution < 1.29 is 14.3 Å². The zero-order valence-electron chi connectivity index (χ0n) is 15.9. The Morgan fingerprint density at radius 1 is 1.11 bits per heavy atom. The molecule has 1 heterocycles. The van der Waals surface area contributed by atoms with Crippen LogP contribution >= 0.6 is 0 Å². The van der Waals surface area contributed by atoms with Crippen LogP contribution in [0.25, 0.3) is 0 Å². The molecular weight excluding hydrogens is 340 g/mol. The highest BCUT2D eigenvalue weighted by Gasteiger charge is 2.43. The second-order valence-electron chi connectivity index (χ2n) is 6.96. The molecule has 0 unspecified atom stereocenters. The van der Waals surface area contributed by atoms with Crippen LogP contribution in [-0.4, -0.2) is 30.8 Å². The summed E-state index contributed by atoms with van der Waals surface area (Å²) in [6, 6.07) is 14.1. The van der Waals surface area contributed by atoms with Crippen molar-refractivity contribution in [2.75, 3.05) is 14.2 Å². The summed E-state index contributed by atoms with van der Waals surface area (Å²) in [5.74, 6) is 1.86. The number of fused-ring (bicyclic) bond motifs is 3. The van der Waals surface area contributed by atoms with Gasteiger partial charge < -0.3 is 9.47 Å². The summed E-state index contributed by atoms with van der Waals surface area (Å²) < 4.78 is 10.7. The largest absolute Gasteiger partial charge is 0.497 e. The van der Waals surface area contributed by atoms with Crippen LogP contribution in [0.4, 0.5) is 0 Å². The van der Waals surface area contributed by atoms with E-state index in [1.54, 1.807) is 19.2 Å². The standard InChI is InChI=1S/C22H24N2O3/c1-4-20(25)24-22(15-6-9-16(26-2)10-7-15)18-12-8-14-5-11-17(27-3)13-19(14)21(18)23-24/h5-7,9-11,13,18,22H,4,8,12H2,1-3H3/t18-,22+/m0/s1. The van der Waals surface area contributed by atoms with Gasteiger partial charge in [0.15, 0.2) is 0 Å². The lowest BCUT2D eigenvalue weighted by Crippen LogP contribution is -2.31. The molecule has 2 aromatic carbocycles. The SMILES string of the molecule is CCC(=O)N1N=C2c3cc(OC)ccc3CC[C@@H]2[C@H]1c1ccc(OC)cc1. The van der Waals surface area contributed by atoms with Crippen LogP contribution in [-0.2, 0) is 11.2 Å². The summed E-state index contributed by atoms with van der Waals surface area (Å²) in [5, 5.41) is 6.50. The number of benzene rings is 2. The average Bonchev–Trinajstić information content (AvgIpc) is 3.12. The number of nitrogens with zero attached hydrogens (tertiary/aromatic N) is 2. The van der Waals surface area contributed by atoms with Crippen LogP contribution in [0.1, 0.15) is 42.5 Å². The maximum absolute atomic E-state index is 12.7. The molecule has 2 aliphatic rings. The first-order valence-electron chi connectivity index (χ1n) is 9.38. The van der Waals surface area contributed by atoms with Gasteiger partial charge in [0.25, 0.3) is 0 Å². The Hall–Kier alpha value is -2.82. The van der Waals surface area contributed by atoms with Gasteiger partial charge in [-0.25, -0.2) is 5.01 Å². The molecule has 0 N–H and O–H groups in total. The first kappa shape index (κ1) is 17.6. The van der Waals surface area contributed by atoms with Crippen molar-refractivity contribution in [2.45, 2.75) is 32.2 Å². The van der Waals surface area contributed by atoms with Crippen molar-refractivity contribution in [3.05, 3.63) is 59.2 Å². The molecule has 0 radical (unpaired) electrons. The number of aryl methyl sites for hydroxylation is 1. The van der Waals surface area contributed by atoms with E-state index in [4.69, 9.17) is 14.6 Å². The van der Waals surface area contributed by atoms with E-state index in [0.29, 0.717) is 6.42 Å². The first-order chi connectivity index (χ1) is 13.2. The van der Waals surface area contributed by atoms with Crippen molar-refractivity contribution in [2.24, 2.45) is 11.0 Å². The van der Waals surface area contributed by atoms with Crippen LogP contribution in [0.3, 0.4) is 0 Å². The van der Waals surface area contributed by atoms with Crippen LogP contribution in [0.2, 0.25) is 0 Å². The minimum absolute atomic E-state index is 0.0437. The molecule has 0 spiro atoms. The van der Waals surface area contributed by atoms with Crippen LogP contribution in [0.5, 0.6) is 11.5 Å². The Labute approximate surface area is 159 Å². The van der Waals surface area contributed by atoms with E-state index >= 15 is 0 Å². The molecule has 2 aromatic rings. The molecule has 0 bridgehead atoms. The van der Waals surface area contributed by atoms with Crippen molar-refractivity contribution in [3.8, 4) is 11.5 Å². The molecule has 1 amide bonds. The fraction of sp³-hybridized carbons (Fsp3) is 0.364. The summed E-state index contributed by atoms with van der Waals surface area (Å²) in [7, 11) is 3.33. The molecule has 0 fully saturated rings. The van der Waals surface area contributed by atoms with Crippen molar-refractivity contribution in [1.29, 1.82) is 0 Å². The van der Waals surface area contributed by atoms with Gasteiger partial charge in [0, 0.05) is 17.9 Å². The van der Waals surface area contributed by atoms with E-state index in [-0.39, 0.29) is 17.9 Å². The molecule has 2 atom stereocenters. The van der Waals surface area contributed by atoms with Crippen molar-refractivity contribution >= 4 is 11.6 Å². The van der Waals surface area contributed by atoms with Crippen molar-refractivity contribution in [3.63, 3.8) is 0 Å². The predicted octanol–water partition coefficient (Wildman–Crippen LogP) is 3.96. The number of methoxy groups -OCH3 is 2. The van der Waals surface area contributed by atoms with Gasteiger partial charge in [-0.3, -0.25) is 4.79 Å². The lowest BCUT2D eigenvalue weighted by Gasteiger charge is -2.29. The van der Waals surface area contributed by atoms with Crippen LogP contribution in [0, 0.1) is 5.92 Å². The lowest BCUT2D eigenvalue weighted by atomic mass is 9.77. The van der Waals surface area contributed by atoms with E-state index in [0.717, 1.165) is 41.2 Å². The molecule has 27 heavy (non-hydrogen) atoms. The number of hydrogen-bond donors (Lipinski definition) is 0. The van der Waals surface area contributed by atoms with E-state index < -0.39 is 0 Å². The lowest BCUT2D eigenvalue weighted by molar-refractivity contribution is -0.133. The fourth-order valence-electron chi connectivity index (χ4n) is 4.12. The highest BCUT2D eigenvalue weighted by atomic mass is 16.5. The van der Waals surface area contributed by atoms with Gasteiger partial charge in [-0.15, -0.1) is 0 Å². The number of carbonyl (C=O) groups excluding carboxylic acids is 1. The molecule has 140 valence electrons. The van der Waals surface area contributed by atoms with Crippen LogP contribution < -0.4 is 9.47 Å². The maximum atomic E-state index is 12.7. The Kier molecular flexibility index (Phi) is 4.60. The molecule has 5 heteroatoms. The molecule has 0 aromatic heterocycles. The summed E-state index contributed by atoms with van der Waals surface area (Å²) in [4.78, 5) is 12.7. The maximum Gasteiger partial charge on any atom is 0.242 e. The number of carbonyl (C=O) groups is 1. The van der Waals surface area contributed by atoms with E-state index in [1.807, 2.05) is 43.3 Å². The molecule has 0 saturated heterocycles. The molecule has 1 aliphatic heterocycles. The van der Waals surface area contributed by atoms with Gasteiger partial charge in [0.2, 0.25) is 5.91 Å². The number of ether oxygens (including phenoxy) is 2. The molecule has 1 aliphatic carbocycles. The normalized spacial score (nSPS) is 20.6. The van der Waals surface area contributed by atoms with Crippen LogP contribution in [0.15, 0.2) is 47.6 Å². The number of hydrazone groups is 1. The second kappa shape index (κ2) is 7.06. The predicted molar refractivity (Wildman–Crippen MR) is 104 cm³/mol. The first-order valence-corrected chi connectivity index (χ1v) is 9.38. The molecule has 4 rings (SSSR count). The third-order valence-corrected chi connectivity index (χ3v) is 5.54. The average molecular weight is 364 g/mol. The minimum Gasteiger partial charge on any atom is -0.497 e. The minimum atomic E-state index is -0.0716. The van der Waals surface area contributed by atoms with E-state index in [9.17, 15) is 4.79 Å². The third-order valence-electron chi connectivity index (χ3n) is 5.54. The van der Waals surface area contributed by atoms with Gasteiger partial charge in [-0.2, -0.15) is 5.10 Å². The van der Waals surface area contributed by atoms with E-state index in [2.05, 4.69) is 6.07 Å². The van der Waals surface area contributed by atoms with Gasteiger partial charge in [0.05, 0.1) is 26.0 Å². The Bertz CT molecular complexity index is 889. The molecule has 0 saturated carbocycles. The van der Waals surface area contributed by atoms with Gasteiger partial charge in [-0.05, 0) is 48.2 Å². The second-order valence-corrected chi connectivity index (χ2v) is 6.96. The topological polar surface area (TPSA) is 51.1 Å². The summed E-state index contributed by atoms with van der Waals surface area (Å²) in [6.07, 6.45) is 2.38. The summed E-state index contributed by atoms with van der Waals surface area (Å²) >= 11 is 0. The molecule has 5 nitrogen and oxygen atoms in total. The third kappa shape index (κ3) is 2.97. The Morgan fingerprint density at radius 3 is 2.48 bits per heavy atom. The summed E-state index contributed by atoms with van der Waals surface area (Å²) in [6.45, 7) is 1.88. The number of amides is 1. The Morgan fingerprint density at radius 2 is 1.81 bits per heavy atom. The quantitative estimate of drug-likeness (QED) is 0.825. The zero-order chi connectivity index (χ0) is 19.0. The number of hydrogen-bond acceptors (Lipinski definition) is 4.